The molecule has 2 rings (SSSR count). The highest BCUT2D eigenvalue weighted by molar-refractivity contribution is 7.89. The van der Waals surface area contributed by atoms with Gasteiger partial charge in [0.2, 0.25) is 5.91 Å². The van der Waals surface area contributed by atoms with E-state index in [0.29, 0.717) is 19.0 Å². The fraction of sp³-hybridized carbons (Fsp3) is 0.750. The monoisotopic (exact) mass is 356 g/mol. The van der Waals surface area contributed by atoms with Crippen LogP contribution in [0.4, 0.5) is 0 Å². The molecule has 0 spiro atoms. The van der Waals surface area contributed by atoms with Crippen molar-refractivity contribution in [3.05, 3.63) is 12.5 Å². The average Bonchev–Trinajstić information content (AvgIpc) is 2.96. The van der Waals surface area contributed by atoms with E-state index >= 15 is 0 Å². The molecule has 1 aromatic heterocycles. The van der Waals surface area contributed by atoms with Gasteiger partial charge in [0.05, 0.1) is 6.33 Å². The Morgan fingerprint density at radius 3 is 2.58 bits per heavy atom. The summed E-state index contributed by atoms with van der Waals surface area (Å²) in [5.74, 6) is 0.398. The second-order valence-corrected chi connectivity index (χ2v) is 9.14. The lowest BCUT2D eigenvalue weighted by molar-refractivity contribution is -0.123. The van der Waals surface area contributed by atoms with E-state index < -0.39 is 10.0 Å². The van der Waals surface area contributed by atoms with Gasteiger partial charge < -0.3 is 9.88 Å². The molecule has 0 bridgehead atoms. The minimum Gasteiger partial charge on any atom is -0.350 e. The van der Waals surface area contributed by atoms with Gasteiger partial charge in [-0.05, 0) is 39.0 Å². The van der Waals surface area contributed by atoms with Crippen LogP contribution in [0.25, 0.3) is 0 Å². The van der Waals surface area contributed by atoms with Gasteiger partial charge in [0.15, 0.2) is 5.03 Å². The maximum Gasteiger partial charge on any atom is 0.262 e. The first kappa shape index (κ1) is 18.9. The van der Waals surface area contributed by atoms with Crippen molar-refractivity contribution in [1.29, 1.82) is 0 Å². The standard InChI is InChI=1S/C16H28N4O3S/c1-5-16(3,4)18-14(21)10-19-11-15(17-12-19)24(22,23)20-8-6-13(2)7-9-20/h11-13H,5-10H2,1-4H3,(H,18,21). The van der Waals surface area contributed by atoms with Crippen LogP contribution in [0.15, 0.2) is 17.6 Å². The molecular weight excluding hydrogens is 328 g/mol. The fourth-order valence-corrected chi connectivity index (χ4v) is 3.99. The largest absolute Gasteiger partial charge is 0.350 e. The lowest BCUT2D eigenvalue weighted by Gasteiger charge is -2.28. The summed E-state index contributed by atoms with van der Waals surface area (Å²) >= 11 is 0. The van der Waals surface area contributed by atoms with Crippen molar-refractivity contribution in [1.82, 2.24) is 19.2 Å². The number of amides is 1. The summed E-state index contributed by atoms with van der Waals surface area (Å²) in [5, 5.41) is 2.94. The smallest absolute Gasteiger partial charge is 0.262 e. The Kier molecular flexibility index (Phi) is 5.70. The zero-order chi connectivity index (χ0) is 18.0. The van der Waals surface area contributed by atoms with Crippen LogP contribution >= 0.6 is 0 Å². The van der Waals surface area contributed by atoms with Gasteiger partial charge in [0, 0.05) is 24.8 Å². The highest BCUT2D eigenvalue weighted by Gasteiger charge is 2.30. The van der Waals surface area contributed by atoms with E-state index in [1.807, 2.05) is 20.8 Å². The number of carbonyl (C=O) groups excluding carboxylic acids is 1. The number of sulfonamides is 1. The molecule has 1 aliphatic rings. The molecule has 1 saturated heterocycles. The van der Waals surface area contributed by atoms with Crippen LogP contribution in [-0.2, 0) is 21.4 Å². The molecule has 1 fully saturated rings. The Morgan fingerprint density at radius 2 is 2.00 bits per heavy atom. The molecule has 0 atom stereocenters. The maximum absolute atomic E-state index is 12.6. The van der Waals surface area contributed by atoms with Crippen molar-refractivity contribution in [3.63, 3.8) is 0 Å². The van der Waals surface area contributed by atoms with Crippen molar-refractivity contribution in [3.8, 4) is 0 Å². The molecule has 0 unspecified atom stereocenters. The normalized spacial score (nSPS) is 17.8. The summed E-state index contributed by atoms with van der Waals surface area (Å²) in [7, 11) is -3.57. The van der Waals surface area contributed by atoms with Gasteiger partial charge in [-0.25, -0.2) is 13.4 Å². The van der Waals surface area contributed by atoms with Crippen LogP contribution in [0.1, 0.15) is 47.0 Å². The maximum atomic E-state index is 12.6. The minimum absolute atomic E-state index is 0.0135. The second-order valence-electron chi connectivity index (χ2n) is 7.26. The highest BCUT2D eigenvalue weighted by Crippen LogP contribution is 2.22. The second kappa shape index (κ2) is 7.23. The van der Waals surface area contributed by atoms with E-state index in [-0.39, 0.29) is 23.0 Å². The first-order valence-corrected chi connectivity index (χ1v) is 9.91. The Balaban J connectivity index is 2.03. The van der Waals surface area contributed by atoms with Crippen LogP contribution in [0.2, 0.25) is 0 Å². The van der Waals surface area contributed by atoms with Crippen molar-refractivity contribution in [2.45, 2.75) is 64.1 Å². The highest BCUT2D eigenvalue weighted by atomic mass is 32.2. The molecule has 136 valence electrons. The number of carbonyl (C=O) groups is 1. The summed E-state index contributed by atoms with van der Waals surface area (Å²) in [4.78, 5) is 16.1. The molecule has 24 heavy (non-hydrogen) atoms. The summed E-state index contributed by atoms with van der Waals surface area (Å²) in [6, 6.07) is 0. The molecule has 1 aliphatic heterocycles. The van der Waals surface area contributed by atoms with Gasteiger partial charge in [-0.1, -0.05) is 13.8 Å². The Morgan fingerprint density at radius 1 is 1.38 bits per heavy atom. The third-order valence-electron chi connectivity index (χ3n) is 4.64. The van der Waals surface area contributed by atoms with Gasteiger partial charge >= 0.3 is 0 Å². The van der Waals surface area contributed by atoms with E-state index in [0.717, 1.165) is 19.3 Å². The quantitative estimate of drug-likeness (QED) is 0.839. The SMILES string of the molecule is CCC(C)(C)NC(=O)Cn1cnc(S(=O)(=O)N2CCC(C)CC2)c1. The third kappa shape index (κ3) is 4.57. The van der Waals surface area contributed by atoms with E-state index in [2.05, 4.69) is 17.2 Å². The van der Waals surface area contributed by atoms with Crippen LogP contribution in [0, 0.1) is 5.92 Å². The number of piperidine rings is 1. The Labute approximate surface area is 144 Å². The topological polar surface area (TPSA) is 84.3 Å². The zero-order valence-electron chi connectivity index (χ0n) is 14.9. The van der Waals surface area contributed by atoms with Gasteiger partial charge in [0.1, 0.15) is 6.54 Å². The number of imidazole rings is 1. The molecule has 1 aromatic rings. The molecule has 0 radical (unpaired) electrons. The molecule has 1 amide bonds. The van der Waals surface area contributed by atoms with Crippen molar-refractivity contribution in [2.24, 2.45) is 5.92 Å². The van der Waals surface area contributed by atoms with Gasteiger partial charge in [0.25, 0.3) is 10.0 Å². The lowest BCUT2D eigenvalue weighted by atomic mass is 10.0. The number of rotatable bonds is 6. The Bertz CT molecular complexity index is 673. The molecule has 8 heteroatoms. The number of aromatic nitrogens is 2. The Hall–Kier alpha value is -1.41. The van der Waals surface area contributed by atoms with Crippen molar-refractivity contribution in [2.75, 3.05) is 13.1 Å². The van der Waals surface area contributed by atoms with Crippen LogP contribution < -0.4 is 5.32 Å². The predicted molar refractivity (Wildman–Crippen MR) is 91.9 cm³/mol. The number of hydrogen-bond donors (Lipinski definition) is 1. The number of nitrogens with one attached hydrogen (secondary N) is 1. The molecule has 2 heterocycles. The third-order valence-corrected chi connectivity index (χ3v) is 6.43. The predicted octanol–water partition coefficient (Wildman–Crippen LogP) is 1.61. The summed E-state index contributed by atoms with van der Waals surface area (Å²) in [5.41, 5.74) is -0.281. The van der Waals surface area contributed by atoms with Gasteiger partial charge in [-0.2, -0.15) is 4.31 Å². The molecule has 0 aliphatic carbocycles. The summed E-state index contributed by atoms with van der Waals surface area (Å²) in [6.07, 6.45) is 5.39. The van der Waals surface area contributed by atoms with Crippen molar-refractivity contribution >= 4 is 15.9 Å². The first-order valence-electron chi connectivity index (χ1n) is 8.47. The van der Waals surface area contributed by atoms with Crippen LogP contribution in [0.5, 0.6) is 0 Å². The van der Waals surface area contributed by atoms with Gasteiger partial charge in [-0.15, -0.1) is 0 Å². The molecular formula is C16H28N4O3S. The van der Waals surface area contributed by atoms with Crippen molar-refractivity contribution < 1.29 is 13.2 Å². The van der Waals surface area contributed by atoms with E-state index in [9.17, 15) is 13.2 Å². The molecule has 1 N–H and O–H groups in total. The minimum atomic E-state index is -3.57. The number of nitrogens with zero attached hydrogens (tertiary/aromatic N) is 3. The summed E-state index contributed by atoms with van der Waals surface area (Å²) < 4.78 is 28.2. The molecule has 0 aromatic carbocycles. The van der Waals surface area contributed by atoms with E-state index in [1.165, 1.54) is 21.4 Å². The molecule has 0 saturated carbocycles. The fourth-order valence-electron chi connectivity index (χ4n) is 2.59. The zero-order valence-corrected chi connectivity index (χ0v) is 15.8. The van der Waals surface area contributed by atoms with Crippen LogP contribution in [0.3, 0.4) is 0 Å². The average molecular weight is 356 g/mol. The van der Waals surface area contributed by atoms with Gasteiger partial charge in [-0.3, -0.25) is 4.79 Å². The lowest BCUT2D eigenvalue weighted by Crippen LogP contribution is -2.44. The molecule has 7 nitrogen and oxygen atoms in total. The van der Waals surface area contributed by atoms with E-state index in [4.69, 9.17) is 0 Å². The first-order chi connectivity index (χ1) is 11.1. The number of hydrogen-bond acceptors (Lipinski definition) is 4. The van der Waals surface area contributed by atoms with Crippen LogP contribution in [-0.4, -0.2) is 46.8 Å². The van der Waals surface area contributed by atoms with E-state index in [1.54, 1.807) is 0 Å². The summed E-state index contributed by atoms with van der Waals surface area (Å²) in [6.45, 7) is 9.15.